The Morgan fingerprint density at radius 2 is 2.05 bits per heavy atom. The Morgan fingerprint density at radius 1 is 1.36 bits per heavy atom. The quantitative estimate of drug-likeness (QED) is 0.913. The third kappa shape index (κ3) is 2.96. The van der Waals surface area contributed by atoms with Gasteiger partial charge in [0.25, 0.3) is 0 Å². The molecule has 5 heteroatoms. The minimum Gasteiger partial charge on any atom is -0.387 e. The van der Waals surface area contributed by atoms with Gasteiger partial charge in [-0.2, -0.15) is 0 Å². The Kier molecular flexibility index (Phi) is 4.36. The van der Waals surface area contributed by atoms with Crippen molar-refractivity contribution in [3.8, 4) is 0 Å². The molecular formula is C17H24N2O3. The van der Waals surface area contributed by atoms with Crippen LogP contribution < -0.4 is 4.90 Å². The number of aliphatic hydroxyl groups is 1. The average molecular weight is 304 g/mol. The van der Waals surface area contributed by atoms with Crippen molar-refractivity contribution < 1.29 is 14.6 Å². The molecule has 2 aliphatic rings. The molecule has 1 N–H and O–H groups in total. The summed E-state index contributed by atoms with van der Waals surface area (Å²) in [7, 11) is 2.12. The summed E-state index contributed by atoms with van der Waals surface area (Å²) in [4.78, 5) is 15.6. The molecule has 3 rings (SSSR count). The number of rotatable bonds is 3. The van der Waals surface area contributed by atoms with E-state index in [0.717, 1.165) is 25.9 Å². The van der Waals surface area contributed by atoms with Gasteiger partial charge in [-0.25, -0.2) is 0 Å². The number of amides is 1. The van der Waals surface area contributed by atoms with Crippen LogP contribution >= 0.6 is 0 Å². The Balaban J connectivity index is 1.60. The number of hydrogen-bond acceptors (Lipinski definition) is 4. The normalized spacial score (nSPS) is 23.7. The molecule has 0 aliphatic carbocycles. The lowest BCUT2D eigenvalue weighted by molar-refractivity contribution is -0.138. The van der Waals surface area contributed by atoms with Crippen molar-refractivity contribution in [2.75, 3.05) is 38.3 Å². The molecule has 1 spiro atoms. The highest BCUT2D eigenvalue weighted by atomic mass is 16.5. The number of anilines is 1. The summed E-state index contributed by atoms with van der Waals surface area (Å²) in [6.45, 7) is 1.70. The number of carbonyl (C=O) groups excluding carboxylic acids is 1. The molecule has 1 atom stereocenters. The SMILES string of the molecule is CN(c1ccccc1)C1COC2(CCN(C(=O)CO)CC2)C1. The average Bonchev–Trinajstić information content (AvgIpc) is 2.98. The van der Waals surface area contributed by atoms with E-state index in [9.17, 15) is 4.79 Å². The minimum atomic E-state index is -0.396. The second-order valence-corrected chi connectivity index (χ2v) is 6.34. The zero-order valence-electron chi connectivity index (χ0n) is 13.1. The van der Waals surface area contributed by atoms with Crippen LogP contribution in [0.1, 0.15) is 19.3 Å². The molecule has 1 unspecified atom stereocenters. The summed E-state index contributed by atoms with van der Waals surface area (Å²) in [6, 6.07) is 10.7. The molecular weight excluding hydrogens is 280 g/mol. The van der Waals surface area contributed by atoms with Crippen molar-refractivity contribution in [1.29, 1.82) is 0 Å². The van der Waals surface area contributed by atoms with Crippen molar-refractivity contribution in [3.63, 3.8) is 0 Å². The minimum absolute atomic E-state index is 0.0973. The van der Waals surface area contributed by atoms with Crippen molar-refractivity contribution in [3.05, 3.63) is 30.3 Å². The van der Waals surface area contributed by atoms with Crippen LogP contribution in [-0.4, -0.2) is 60.9 Å². The lowest BCUT2D eigenvalue weighted by atomic mass is 9.87. The van der Waals surface area contributed by atoms with Gasteiger partial charge in [0.15, 0.2) is 0 Å². The number of carbonyl (C=O) groups is 1. The number of likely N-dealkylation sites (N-methyl/N-ethyl adjacent to an activating group) is 1. The zero-order chi connectivity index (χ0) is 15.6. The van der Waals surface area contributed by atoms with Gasteiger partial charge in [0.05, 0.1) is 18.2 Å². The van der Waals surface area contributed by atoms with Crippen molar-refractivity contribution in [1.82, 2.24) is 4.90 Å². The van der Waals surface area contributed by atoms with Gasteiger partial charge in [-0.15, -0.1) is 0 Å². The third-order valence-corrected chi connectivity index (χ3v) is 5.06. The number of ether oxygens (including phenoxy) is 1. The van der Waals surface area contributed by atoms with Crippen LogP contribution in [0.2, 0.25) is 0 Å². The number of para-hydroxylation sites is 1. The molecule has 1 amide bonds. The molecule has 0 bridgehead atoms. The molecule has 2 aliphatic heterocycles. The van der Waals surface area contributed by atoms with Crippen LogP contribution in [0.5, 0.6) is 0 Å². The molecule has 2 saturated heterocycles. The maximum Gasteiger partial charge on any atom is 0.248 e. The zero-order valence-corrected chi connectivity index (χ0v) is 13.1. The molecule has 2 fully saturated rings. The Labute approximate surface area is 131 Å². The first-order valence-electron chi connectivity index (χ1n) is 7.94. The van der Waals surface area contributed by atoms with E-state index < -0.39 is 6.61 Å². The molecule has 1 aromatic carbocycles. The monoisotopic (exact) mass is 304 g/mol. The largest absolute Gasteiger partial charge is 0.387 e. The fourth-order valence-corrected chi connectivity index (χ4v) is 3.56. The Bertz CT molecular complexity index is 512. The highest BCUT2D eigenvalue weighted by molar-refractivity contribution is 5.77. The smallest absolute Gasteiger partial charge is 0.248 e. The van der Waals surface area contributed by atoms with E-state index in [2.05, 4.69) is 36.2 Å². The predicted molar refractivity (Wildman–Crippen MR) is 84.8 cm³/mol. The second-order valence-electron chi connectivity index (χ2n) is 6.34. The number of benzene rings is 1. The van der Waals surface area contributed by atoms with Crippen molar-refractivity contribution in [2.45, 2.75) is 30.9 Å². The number of aliphatic hydroxyl groups excluding tert-OH is 1. The van der Waals surface area contributed by atoms with Gasteiger partial charge in [0.1, 0.15) is 6.61 Å². The summed E-state index contributed by atoms with van der Waals surface area (Å²) in [5.74, 6) is -0.175. The topological polar surface area (TPSA) is 53.0 Å². The lowest BCUT2D eigenvalue weighted by Gasteiger charge is -2.38. The third-order valence-electron chi connectivity index (χ3n) is 5.06. The molecule has 0 radical (unpaired) electrons. The van der Waals surface area contributed by atoms with Crippen LogP contribution in [0.25, 0.3) is 0 Å². The van der Waals surface area contributed by atoms with Gasteiger partial charge in [0, 0.05) is 25.8 Å². The lowest BCUT2D eigenvalue weighted by Crippen LogP contribution is -2.47. The molecule has 1 aromatic rings. The van der Waals surface area contributed by atoms with Crippen LogP contribution in [-0.2, 0) is 9.53 Å². The van der Waals surface area contributed by atoms with E-state index in [1.807, 2.05) is 6.07 Å². The molecule has 0 saturated carbocycles. The molecule has 5 nitrogen and oxygen atoms in total. The van der Waals surface area contributed by atoms with Crippen LogP contribution in [0.15, 0.2) is 30.3 Å². The van der Waals surface area contributed by atoms with Crippen LogP contribution in [0.3, 0.4) is 0 Å². The summed E-state index contributed by atoms with van der Waals surface area (Å²) in [5.41, 5.74) is 1.11. The Morgan fingerprint density at radius 3 is 2.68 bits per heavy atom. The standard InChI is InChI=1S/C17H24N2O3/c1-18(14-5-3-2-4-6-14)15-11-17(22-13-15)7-9-19(10-8-17)16(21)12-20/h2-6,15,20H,7-13H2,1H3. The first-order chi connectivity index (χ1) is 10.6. The fraction of sp³-hybridized carbons (Fsp3) is 0.588. The van der Waals surface area contributed by atoms with Gasteiger partial charge in [-0.05, 0) is 31.4 Å². The van der Waals surface area contributed by atoms with Gasteiger partial charge < -0.3 is 19.6 Å². The first-order valence-corrected chi connectivity index (χ1v) is 7.94. The van der Waals surface area contributed by atoms with Crippen molar-refractivity contribution >= 4 is 11.6 Å². The van der Waals surface area contributed by atoms with E-state index in [-0.39, 0.29) is 11.5 Å². The van der Waals surface area contributed by atoms with E-state index >= 15 is 0 Å². The fourth-order valence-electron chi connectivity index (χ4n) is 3.56. The van der Waals surface area contributed by atoms with E-state index in [1.54, 1.807) is 4.90 Å². The van der Waals surface area contributed by atoms with E-state index in [4.69, 9.17) is 9.84 Å². The Hall–Kier alpha value is -1.59. The highest BCUT2D eigenvalue weighted by Crippen LogP contribution is 2.38. The van der Waals surface area contributed by atoms with Gasteiger partial charge >= 0.3 is 0 Å². The van der Waals surface area contributed by atoms with E-state index in [1.165, 1.54) is 5.69 Å². The van der Waals surface area contributed by atoms with Crippen LogP contribution in [0.4, 0.5) is 5.69 Å². The molecule has 120 valence electrons. The first kappa shape index (κ1) is 15.3. The summed E-state index contributed by atoms with van der Waals surface area (Å²) in [5, 5.41) is 8.96. The van der Waals surface area contributed by atoms with Crippen LogP contribution in [0, 0.1) is 0 Å². The summed E-state index contributed by atoms with van der Waals surface area (Å²) < 4.78 is 6.16. The predicted octanol–water partition coefficient (Wildman–Crippen LogP) is 1.27. The van der Waals surface area contributed by atoms with E-state index in [0.29, 0.717) is 19.1 Å². The highest BCUT2D eigenvalue weighted by Gasteiger charge is 2.44. The van der Waals surface area contributed by atoms with Gasteiger partial charge in [-0.1, -0.05) is 18.2 Å². The maximum absolute atomic E-state index is 11.6. The maximum atomic E-state index is 11.6. The van der Waals surface area contributed by atoms with Gasteiger partial charge in [0.2, 0.25) is 5.91 Å². The molecule has 0 aromatic heterocycles. The summed E-state index contributed by atoms with van der Waals surface area (Å²) >= 11 is 0. The number of hydrogen-bond donors (Lipinski definition) is 1. The van der Waals surface area contributed by atoms with Gasteiger partial charge in [-0.3, -0.25) is 4.79 Å². The summed E-state index contributed by atoms with van der Waals surface area (Å²) in [6.07, 6.45) is 2.72. The molecule has 22 heavy (non-hydrogen) atoms. The number of likely N-dealkylation sites (tertiary alicyclic amines) is 1. The number of piperidine rings is 1. The van der Waals surface area contributed by atoms with Crippen molar-refractivity contribution in [2.24, 2.45) is 0 Å². The number of nitrogens with zero attached hydrogens (tertiary/aromatic N) is 2. The molecule has 2 heterocycles. The second kappa shape index (κ2) is 6.26.